The van der Waals surface area contributed by atoms with Crippen LogP contribution >= 0.6 is 11.9 Å². The Morgan fingerprint density at radius 1 is 1.36 bits per heavy atom. The Morgan fingerprint density at radius 3 is 2.59 bits per heavy atom. The summed E-state index contributed by atoms with van der Waals surface area (Å²) in [6.07, 6.45) is 1.46. The molecule has 124 valence electrons. The van der Waals surface area contributed by atoms with Crippen LogP contribution in [0.5, 0.6) is 0 Å². The first kappa shape index (κ1) is 19.1. The number of methoxy groups -OCH3 is 1. The molecule has 0 radical (unpaired) electrons. The minimum absolute atomic E-state index is 0.0768. The van der Waals surface area contributed by atoms with Gasteiger partial charge in [-0.1, -0.05) is 13.8 Å². The number of rotatable bonds is 8. The van der Waals surface area contributed by atoms with E-state index in [4.69, 9.17) is 0 Å². The maximum absolute atomic E-state index is 14.5. The van der Waals surface area contributed by atoms with Gasteiger partial charge in [0.05, 0.1) is 18.5 Å². The minimum Gasteiger partial charge on any atom is -0.592 e. The van der Waals surface area contributed by atoms with Gasteiger partial charge in [-0.2, -0.15) is 0 Å². The van der Waals surface area contributed by atoms with Crippen LogP contribution in [0.15, 0.2) is 12.1 Å². The van der Waals surface area contributed by atoms with Crippen LogP contribution in [-0.4, -0.2) is 29.1 Å². The van der Waals surface area contributed by atoms with Crippen LogP contribution < -0.4 is 3.71 Å². The van der Waals surface area contributed by atoms with Gasteiger partial charge in [0, 0.05) is 17.7 Å². The van der Waals surface area contributed by atoms with E-state index in [9.17, 15) is 18.1 Å². The molecule has 4 nitrogen and oxygen atoms in total. The first-order valence-corrected chi connectivity index (χ1v) is 9.07. The first-order valence-electron chi connectivity index (χ1n) is 6.85. The number of hydrogen-bond acceptors (Lipinski definition) is 5. The van der Waals surface area contributed by atoms with E-state index in [2.05, 4.69) is 4.74 Å². The first-order chi connectivity index (χ1) is 10.5. The van der Waals surface area contributed by atoms with Crippen molar-refractivity contribution < 1.29 is 22.9 Å². The third-order valence-corrected chi connectivity index (χ3v) is 5.79. The molecule has 1 rings (SSSR count). The van der Waals surface area contributed by atoms with Gasteiger partial charge in [0.1, 0.15) is 22.8 Å². The Hall–Kier alpha value is -0.990. The van der Waals surface area contributed by atoms with Crippen molar-refractivity contribution in [1.29, 1.82) is 0 Å². The lowest BCUT2D eigenvalue weighted by Crippen LogP contribution is -2.28. The molecular weight excluding hydrogens is 332 g/mol. The fourth-order valence-electron chi connectivity index (χ4n) is 1.64. The number of nitrogens with zero attached hydrogens (tertiary/aromatic N) is 1. The zero-order valence-corrected chi connectivity index (χ0v) is 14.4. The van der Waals surface area contributed by atoms with Crippen LogP contribution in [0.3, 0.4) is 0 Å². The fourth-order valence-corrected chi connectivity index (χ4v) is 4.06. The van der Waals surface area contributed by atoms with E-state index >= 15 is 0 Å². The predicted octanol–water partition coefficient (Wildman–Crippen LogP) is 3.69. The quantitative estimate of drug-likeness (QED) is 0.406. The van der Waals surface area contributed by atoms with Crippen LogP contribution in [0.2, 0.25) is 0 Å². The van der Waals surface area contributed by atoms with Gasteiger partial charge in [-0.25, -0.2) is 13.6 Å². The van der Waals surface area contributed by atoms with Crippen molar-refractivity contribution in [2.45, 2.75) is 26.7 Å². The van der Waals surface area contributed by atoms with Crippen molar-refractivity contribution >= 4 is 35.0 Å². The number of carbonyl (C=O) groups excluding carboxylic acids is 1. The summed E-state index contributed by atoms with van der Waals surface area (Å²) in [6, 6.07) is 2.17. The van der Waals surface area contributed by atoms with E-state index in [1.54, 1.807) is 0 Å². The second-order valence-corrected chi connectivity index (χ2v) is 7.04. The van der Waals surface area contributed by atoms with Gasteiger partial charge in [-0.15, -0.1) is 3.71 Å². The maximum Gasteiger partial charge on any atom is 0.343 e. The molecule has 1 aromatic rings. The largest absolute Gasteiger partial charge is 0.592 e. The molecule has 8 heteroatoms. The molecule has 0 saturated heterocycles. The predicted molar refractivity (Wildman–Crippen MR) is 86.2 cm³/mol. The Morgan fingerprint density at radius 2 is 2.05 bits per heavy atom. The van der Waals surface area contributed by atoms with Crippen molar-refractivity contribution in [3.8, 4) is 0 Å². The normalized spacial score (nSPS) is 12.1. The molecular formula is C14H19F2NO3S2. The highest BCUT2D eigenvalue weighted by Crippen LogP contribution is 2.32. The molecule has 1 atom stereocenters. The number of ether oxygens (including phenoxy) is 1. The summed E-state index contributed by atoms with van der Waals surface area (Å²) in [6.45, 7) is 3.80. The number of halogens is 2. The molecule has 0 bridgehead atoms. The van der Waals surface area contributed by atoms with Crippen molar-refractivity contribution in [2.24, 2.45) is 0 Å². The standard InChI is InChI=1S/C14H19F2NO3S2/c1-4-8-21-17(22(19)9-5-2)11-7-6-10(15)12(13(11)16)14(18)20-3/h6-7H,4-5,8-9H2,1-3H3. The van der Waals surface area contributed by atoms with E-state index in [0.717, 1.165) is 19.6 Å². The molecule has 0 aliphatic rings. The number of anilines is 1. The number of esters is 1. The molecule has 0 saturated carbocycles. The summed E-state index contributed by atoms with van der Waals surface area (Å²) in [7, 11) is 1.05. The smallest absolute Gasteiger partial charge is 0.343 e. The summed E-state index contributed by atoms with van der Waals surface area (Å²) in [5, 5.41) is 0. The highest BCUT2D eigenvalue weighted by atomic mass is 32.3. The summed E-state index contributed by atoms with van der Waals surface area (Å²) in [4.78, 5) is 11.5. The van der Waals surface area contributed by atoms with E-state index in [0.29, 0.717) is 17.9 Å². The van der Waals surface area contributed by atoms with Gasteiger partial charge in [-0.05, 0) is 25.0 Å². The maximum atomic E-state index is 14.5. The van der Waals surface area contributed by atoms with Gasteiger partial charge in [0.2, 0.25) is 0 Å². The van der Waals surface area contributed by atoms with E-state index < -0.39 is 34.5 Å². The Balaban J connectivity index is 3.26. The fraction of sp³-hybridized carbons (Fsp3) is 0.500. The monoisotopic (exact) mass is 351 g/mol. The highest BCUT2D eigenvalue weighted by Gasteiger charge is 2.29. The van der Waals surface area contributed by atoms with Crippen LogP contribution in [0.1, 0.15) is 37.0 Å². The van der Waals surface area contributed by atoms with E-state index in [1.165, 1.54) is 21.7 Å². The molecule has 0 N–H and O–H groups in total. The van der Waals surface area contributed by atoms with Gasteiger partial charge in [-0.3, -0.25) is 0 Å². The molecule has 0 fully saturated rings. The third kappa shape index (κ3) is 4.50. The summed E-state index contributed by atoms with van der Waals surface area (Å²) in [5.41, 5.74) is -0.845. The second-order valence-electron chi connectivity index (χ2n) is 4.36. The molecule has 0 aliphatic heterocycles. The topological polar surface area (TPSA) is 52.6 Å². The zero-order valence-electron chi connectivity index (χ0n) is 12.7. The van der Waals surface area contributed by atoms with Crippen molar-refractivity contribution in [3.05, 3.63) is 29.3 Å². The van der Waals surface area contributed by atoms with Crippen LogP contribution in [0.25, 0.3) is 0 Å². The van der Waals surface area contributed by atoms with E-state index in [1.807, 2.05) is 13.8 Å². The Kier molecular flexibility index (Phi) is 7.98. The molecule has 0 aromatic heterocycles. The average Bonchev–Trinajstić information content (AvgIpc) is 2.49. The molecule has 0 spiro atoms. The average molecular weight is 351 g/mol. The summed E-state index contributed by atoms with van der Waals surface area (Å²) >= 11 is -0.280. The van der Waals surface area contributed by atoms with Crippen LogP contribution in [-0.2, 0) is 16.1 Å². The van der Waals surface area contributed by atoms with Gasteiger partial charge < -0.3 is 9.29 Å². The van der Waals surface area contributed by atoms with Gasteiger partial charge in [0.15, 0.2) is 5.82 Å². The third-order valence-electron chi connectivity index (χ3n) is 2.63. The highest BCUT2D eigenvalue weighted by molar-refractivity contribution is 8.14. The van der Waals surface area contributed by atoms with E-state index in [-0.39, 0.29) is 5.69 Å². The molecule has 0 aliphatic carbocycles. The van der Waals surface area contributed by atoms with Crippen molar-refractivity contribution in [3.63, 3.8) is 0 Å². The number of carbonyl (C=O) groups is 1. The molecule has 1 unspecified atom stereocenters. The zero-order chi connectivity index (χ0) is 16.7. The lowest BCUT2D eigenvalue weighted by atomic mass is 10.2. The van der Waals surface area contributed by atoms with Crippen LogP contribution in [0, 0.1) is 11.6 Å². The molecule has 22 heavy (non-hydrogen) atoms. The minimum atomic E-state index is -1.47. The summed E-state index contributed by atoms with van der Waals surface area (Å²) < 4.78 is 46.2. The Bertz CT molecular complexity index is 517. The lowest BCUT2D eigenvalue weighted by molar-refractivity contribution is 0.0590. The number of hydrogen-bond donors (Lipinski definition) is 0. The van der Waals surface area contributed by atoms with Gasteiger partial charge >= 0.3 is 5.97 Å². The van der Waals surface area contributed by atoms with Crippen molar-refractivity contribution in [2.75, 3.05) is 22.3 Å². The Labute approximate surface area is 136 Å². The number of benzene rings is 1. The lowest BCUT2D eigenvalue weighted by Gasteiger charge is -2.25. The summed E-state index contributed by atoms with van der Waals surface area (Å²) in [5.74, 6) is -2.19. The van der Waals surface area contributed by atoms with Crippen molar-refractivity contribution in [1.82, 2.24) is 0 Å². The molecule has 0 heterocycles. The SMILES string of the molecule is CCCSN(c1ccc(F)c(C(=O)OC)c1F)[S+]([O-])CCC. The van der Waals surface area contributed by atoms with Gasteiger partial charge in [0.25, 0.3) is 0 Å². The second kappa shape index (κ2) is 9.22. The molecule has 1 aromatic carbocycles. The van der Waals surface area contributed by atoms with Crippen LogP contribution in [0.4, 0.5) is 14.5 Å². The molecule has 0 amide bonds.